The monoisotopic (exact) mass is 429 g/mol. The van der Waals surface area contributed by atoms with Gasteiger partial charge in [0.2, 0.25) is 10.0 Å². The van der Waals surface area contributed by atoms with Gasteiger partial charge < -0.3 is 5.11 Å². The van der Waals surface area contributed by atoms with Crippen molar-refractivity contribution in [1.29, 1.82) is 0 Å². The van der Waals surface area contributed by atoms with Gasteiger partial charge in [0.25, 0.3) is 0 Å². The summed E-state index contributed by atoms with van der Waals surface area (Å²) < 4.78 is 65.5. The first-order chi connectivity index (χ1) is 13.1. The number of aromatic carboxylic acids is 1. The minimum absolute atomic E-state index is 0.124. The van der Waals surface area contributed by atoms with Crippen LogP contribution in [0.5, 0.6) is 0 Å². The molecule has 2 rings (SSSR count). The molecule has 0 unspecified atom stereocenters. The smallest absolute Gasteiger partial charge is 0.416 e. The highest BCUT2D eigenvalue weighted by molar-refractivity contribution is 7.89. The van der Waals surface area contributed by atoms with Crippen LogP contribution in [0.3, 0.4) is 0 Å². The van der Waals surface area contributed by atoms with Crippen molar-refractivity contribution in [3.63, 3.8) is 0 Å². The number of halogens is 3. The number of sulfonamides is 1. The third-order valence-electron chi connectivity index (χ3n) is 4.41. The number of benzene rings is 2. The predicted molar refractivity (Wildman–Crippen MR) is 102 cm³/mol. The molecule has 0 aliphatic carbocycles. The maximum absolute atomic E-state index is 12.7. The van der Waals surface area contributed by atoms with Crippen LogP contribution in [0.15, 0.2) is 47.4 Å². The highest BCUT2D eigenvalue weighted by atomic mass is 32.2. The first-order valence-electron chi connectivity index (χ1n) is 8.70. The third-order valence-corrected chi connectivity index (χ3v) is 5.96. The summed E-state index contributed by atoms with van der Waals surface area (Å²) in [6.07, 6.45) is -4.56. The molecule has 2 aromatic rings. The molecule has 9 heteroatoms. The normalized spacial score (nSPS) is 13.9. The van der Waals surface area contributed by atoms with Crippen molar-refractivity contribution < 1.29 is 31.5 Å². The van der Waals surface area contributed by atoms with Crippen molar-refractivity contribution in [2.75, 3.05) is 0 Å². The second-order valence-electron chi connectivity index (χ2n) is 7.73. The lowest BCUT2D eigenvalue weighted by atomic mass is 9.82. The molecule has 0 saturated heterocycles. The molecule has 29 heavy (non-hydrogen) atoms. The number of hydrogen-bond donors (Lipinski definition) is 2. The van der Waals surface area contributed by atoms with Gasteiger partial charge in [0, 0.05) is 6.04 Å². The molecule has 5 nitrogen and oxygen atoms in total. The van der Waals surface area contributed by atoms with Crippen LogP contribution in [0.2, 0.25) is 0 Å². The molecule has 2 N–H and O–H groups in total. The molecule has 0 spiro atoms. The number of alkyl halides is 3. The maximum atomic E-state index is 12.7. The van der Waals surface area contributed by atoms with E-state index >= 15 is 0 Å². The molecule has 0 aromatic heterocycles. The summed E-state index contributed by atoms with van der Waals surface area (Å²) in [5.74, 6) is -1.08. The van der Waals surface area contributed by atoms with E-state index in [9.17, 15) is 31.5 Å². The van der Waals surface area contributed by atoms with Crippen LogP contribution in [-0.2, 0) is 21.6 Å². The Labute approximate surface area is 167 Å². The van der Waals surface area contributed by atoms with Gasteiger partial charge in [-0.2, -0.15) is 13.2 Å². The van der Waals surface area contributed by atoms with Gasteiger partial charge in [-0.25, -0.2) is 17.9 Å². The molecule has 2 aromatic carbocycles. The number of carboxylic acids is 1. The molecule has 0 amide bonds. The first kappa shape index (κ1) is 22.9. The van der Waals surface area contributed by atoms with Gasteiger partial charge in [-0.3, -0.25) is 0 Å². The lowest BCUT2D eigenvalue weighted by Crippen LogP contribution is -2.27. The van der Waals surface area contributed by atoms with Crippen molar-refractivity contribution in [3.05, 3.63) is 64.7 Å². The van der Waals surface area contributed by atoms with Crippen molar-refractivity contribution in [3.8, 4) is 0 Å². The fourth-order valence-corrected chi connectivity index (χ4v) is 4.06. The number of carbonyl (C=O) groups is 1. The average Bonchev–Trinajstić information content (AvgIpc) is 2.59. The van der Waals surface area contributed by atoms with Crippen molar-refractivity contribution in [2.24, 2.45) is 0 Å². The highest BCUT2D eigenvalue weighted by Gasteiger charge is 2.31. The Hall–Kier alpha value is -2.39. The average molecular weight is 429 g/mol. The molecule has 0 heterocycles. The Kier molecular flexibility index (Phi) is 6.15. The Bertz CT molecular complexity index is 1010. The van der Waals surface area contributed by atoms with Crippen molar-refractivity contribution >= 4 is 16.0 Å². The Morgan fingerprint density at radius 3 is 2.03 bits per heavy atom. The second kappa shape index (κ2) is 7.79. The van der Waals surface area contributed by atoms with E-state index in [1.165, 1.54) is 12.1 Å². The van der Waals surface area contributed by atoms with Gasteiger partial charge in [-0.1, -0.05) is 32.9 Å². The van der Waals surface area contributed by atoms with Crippen LogP contribution >= 0.6 is 0 Å². The molecule has 0 saturated carbocycles. The van der Waals surface area contributed by atoms with Gasteiger partial charge in [0.15, 0.2) is 0 Å². The second-order valence-corrected chi connectivity index (χ2v) is 9.44. The van der Waals surface area contributed by atoms with Gasteiger partial charge in [-0.05, 0) is 53.8 Å². The van der Waals surface area contributed by atoms with E-state index in [0.29, 0.717) is 23.3 Å². The summed E-state index contributed by atoms with van der Waals surface area (Å²) in [6.45, 7) is 7.10. The number of rotatable bonds is 5. The zero-order valence-corrected chi connectivity index (χ0v) is 17.1. The minimum Gasteiger partial charge on any atom is -0.478 e. The Morgan fingerprint density at radius 2 is 1.59 bits per heavy atom. The van der Waals surface area contributed by atoms with Crippen molar-refractivity contribution in [2.45, 2.75) is 50.2 Å². The summed E-state index contributed by atoms with van der Waals surface area (Å²) in [4.78, 5) is 11.2. The predicted octanol–water partition coefficient (Wildman–Crippen LogP) is 4.74. The Balaban J connectivity index is 2.33. The summed E-state index contributed by atoms with van der Waals surface area (Å²) >= 11 is 0. The summed E-state index contributed by atoms with van der Waals surface area (Å²) in [5.41, 5.74) is -0.225. The molecule has 0 radical (unpaired) electrons. The van der Waals surface area contributed by atoms with E-state index in [1.54, 1.807) is 13.0 Å². The maximum Gasteiger partial charge on any atom is 0.416 e. The summed E-state index contributed by atoms with van der Waals surface area (Å²) in [7, 11) is -4.08. The Morgan fingerprint density at radius 1 is 1.03 bits per heavy atom. The van der Waals surface area contributed by atoms with E-state index in [4.69, 9.17) is 0 Å². The SMILES string of the molecule is C[C@@H](NS(=O)(=O)c1ccc(C(F)(F)F)cc1)c1ccc(C(=O)O)c(C(C)(C)C)c1. The fraction of sp³-hybridized carbons (Fsp3) is 0.350. The molecule has 158 valence electrons. The molecule has 0 aliphatic heterocycles. The molecule has 0 bridgehead atoms. The van der Waals surface area contributed by atoms with E-state index in [0.717, 1.165) is 12.1 Å². The molecular formula is C20H22F3NO4S. The van der Waals surface area contributed by atoms with Crippen LogP contribution < -0.4 is 4.72 Å². The molecule has 0 fully saturated rings. The zero-order valence-electron chi connectivity index (χ0n) is 16.3. The third kappa shape index (κ3) is 5.36. The van der Waals surface area contributed by atoms with Crippen LogP contribution in [0.1, 0.15) is 60.8 Å². The van der Waals surface area contributed by atoms with E-state index in [-0.39, 0.29) is 10.5 Å². The van der Waals surface area contributed by atoms with Crippen LogP contribution in [0.25, 0.3) is 0 Å². The van der Waals surface area contributed by atoms with Gasteiger partial charge in [-0.15, -0.1) is 0 Å². The van der Waals surface area contributed by atoms with Crippen LogP contribution in [0, 0.1) is 0 Å². The summed E-state index contributed by atoms with van der Waals surface area (Å²) in [5, 5.41) is 9.38. The minimum atomic E-state index is -4.56. The van der Waals surface area contributed by atoms with E-state index in [1.807, 2.05) is 20.8 Å². The number of carboxylic acid groups (broad SMARTS) is 1. The lowest BCUT2D eigenvalue weighted by molar-refractivity contribution is -0.137. The van der Waals surface area contributed by atoms with Crippen LogP contribution in [0.4, 0.5) is 13.2 Å². The number of hydrogen-bond acceptors (Lipinski definition) is 3. The van der Waals surface area contributed by atoms with E-state index < -0.39 is 39.2 Å². The van der Waals surface area contributed by atoms with Gasteiger partial charge in [0.1, 0.15) is 0 Å². The summed E-state index contributed by atoms with van der Waals surface area (Å²) in [6, 6.07) is 7.03. The topological polar surface area (TPSA) is 83.5 Å². The molecule has 1 atom stereocenters. The van der Waals surface area contributed by atoms with Gasteiger partial charge in [0.05, 0.1) is 16.0 Å². The number of nitrogens with one attached hydrogen (secondary N) is 1. The molecule has 0 aliphatic rings. The van der Waals surface area contributed by atoms with Crippen molar-refractivity contribution in [1.82, 2.24) is 4.72 Å². The first-order valence-corrected chi connectivity index (χ1v) is 10.2. The highest BCUT2D eigenvalue weighted by Crippen LogP contribution is 2.31. The van der Waals surface area contributed by atoms with Gasteiger partial charge >= 0.3 is 12.1 Å². The van der Waals surface area contributed by atoms with E-state index in [2.05, 4.69) is 4.72 Å². The molecular weight excluding hydrogens is 407 g/mol. The quantitative estimate of drug-likeness (QED) is 0.719. The van der Waals surface area contributed by atoms with Crippen LogP contribution in [-0.4, -0.2) is 19.5 Å². The fourth-order valence-electron chi connectivity index (χ4n) is 2.83. The zero-order chi connectivity index (χ0) is 22.2. The largest absolute Gasteiger partial charge is 0.478 e. The lowest BCUT2D eigenvalue weighted by Gasteiger charge is -2.24. The standard InChI is InChI=1S/C20H22F3NO4S/c1-12(13-5-10-16(18(25)26)17(11-13)19(2,3)4)24-29(27,28)15-8-6-14(7-9-15)20(21,22)23/h5-12,24H,1-4H3,(H,25,26)/t12-/m1/s1.